The Labute approximate surface area is 157 Å². The van der Waals surface area contributed by atoms with Gasteiger partial charge in [-0.05, 0) is 0 Å². The predicted molar refractivity (Wildman–Crippen MR) is 35.0 cm³/mol. The van der Waals surface area contributed by atoms with E-state index in [0.717, 1.165) is 0 Å². The van der Waals surface area contributed by atoms with E-state index in [9.17, 15) is 0 Å². The Bertz CT molecular complexity index is 343. The van der Waals surface area contributed by atoms with Crippen molar-refractivity contribution in [2.24, 2.45) is 0 Å². The van der Waals surface area contributed by atoms with Crippen LogP contribution >= 0.6 is 0 Å². The molecule has 0 saturated carbocycles. The molecule has 0 aromatic heterocycles. The van der Waals surface area contributed by atoms with Gasteiger partial charge in [-0.25, -0.2) is 0 Å². The van der Waals surface area contributed by atoms with E-state index in [1.54, 1.807) is 0 Å². The molecule has 0 aliphatic carbocycles. The molecular weight excluding hydrogens is 394 g/mol. The Morgan fingerprint density at radius 2 is 0.500 bits per heavy atom. The molecular formula is H2KO13S3V-5. The summed E-state index contributed by atoms with van der Waals surface area (Å²) in [5.74, 6) is 0. The zero-order chi connectivity index (χ0) is 13.5. The molecule has 0 unspecified atom stereocenters. The average Bonchev–Trinajstić information content (AvgIpc) is 1.41. The van der Waals surface area contributed by atoms with Crippen LogP contribution < -0.4 is 51.4 Å². The average molecular weight is 396 g/mol. The van der Waals surface area contributed by atoms with Crippen LogP contribution in [0.1, 0.15) is 0 Å². The summed E-state index contributed by atoms with van der Waals surface area (Å²) in [6.07, 6.45) is 0. The van der Waals surface area contributed by atoms with Crippen molar-refractivity contribution >= 4 is 31.2 Å². The van der Waals surface area contributed by atoms with Gasteiger partial charge in [-0.3, -0.25) is 25.3 Å². The van der Waals surface area contributed by atoms with Gasteiger partial charge in [0.2, 0.25) is 0 Å². The van der Waals surface area contributed by atoms with Crippen molar-refractivity contribution in [3.8, 4) is 0 Å². The van der Waals surface area contributed by atoms with E-state index in [-0.39, 0.29) is 75.4 Å². The van der Waals surface area contributed by atoms with Crippen molar-refractivity contribution in [2.45, 2.75) is 0 Å². The molecule has 0 atom stereocenters. The normalized spacial score (nSPS) is 9.67. The summed E-state index contributed by atoms with van der Waals surface area (Å²) < 4.78 is 102. The molecule has 18 heavy (non-hydrogen) atoms. The van der Waals surface area contributed by atoms with Gasteiger partial charge >= 0.3 is 51.4 Å². The van der Waals surface area contributed by atoms with Crippen LogP contribution in [0.3, 0.4) is 0 Å². The minimum Gasteiger partial charge on any atom is -0.759 e. The number of hydrogen-bond acceptors (Lipinski definition) is 12. The van der Waals surface area contributed by atoms with Crippen LogP contribution in [0.2, 0.25) is 0 Å². The van der Waals surface area contributed by atoms with Gasteiger partial charge in [0.05, 0.1) is 0 Å². The molecule has 1 radical (unpaired) electrons. The van der Waals surface area contributed by atoms with Crippen LogP contribution in [-0.4, -0.2) is 58.0 Å². The maximum atomic E-state index is 8.52. The third kappa shape index (κ3) is 1560. The van der Waals surface area contributed by atoms with Gasteiger partial charge in [0.25, 0.3) is 0 Å². The zero-order valence-corrected chi connectivity index (χ0v) is 15.0. The van der Waals surface area contributed by atoms with Gasteiger partial charge in [-0.15, -0.1) is 0 Å². The first-order chi connectivity index (χ1) is 6.00. The molecule has 18 heteroatoms. The SMILES string of the molecule is O.O=S(=O)([O-])[O-].O=S(=O)([O-])[O-].O=S(=O)([O-])[O-].[K+].[V]. The molecule has 0 aliphatic rings. The molecule has 13 nitrogen and oxygen atoms in total. The molecule has 0 fully saturated rings. The van der Waals surface area contributed by atoms with Crippen LogP contribution in [-0.2, 0) is 49.8 Å². The molecule has 0 aromatic carbocycles. The maximum absolute atomic E-state index is 8.52. The fourth-order valence-electron chi connectivity index (χ4n) is 0. The van der Waals surface area contributed by atoms with Crippen molar-refractivity contribution in [3.05, 3.63) is 0 Å². The molecule has 0 amide bonds. The van der Waals surface area contributed by atoms with Crippen LogP contribution in [0.15, 0.2) is 0 Å². The van der Waals surface area contributed by atoms with Gasteiger partial charge in [-0.1, -0.05) is 0 Å². The van der Waals surface area contributed by atoms with Gasteiger partial charge < -0.3 is 32.8 Å². The second-order valence-electron chi connectivity index (χ2n) is 1.22. The topological polar surface area (TPSA) is 272 Å². The van der Waals surface area contributed by atoms with E-state index in [0.29, 0.717) is 0 Å². The summed E-state index contributed by atoms with van der Waals surface area (Å²) >= 11 is 0. The minimum atomic E-state index is -5.17. The molecule has 0 bridgehead atoms. The molecule has 0 rings (SSSR count). The summed E-state index contributed by atoms with van der Waals surface area (Å²) in [6.45, 7) is 0. The molecule has 2 N–H and O–H groups in total. The van der Waals surface area contributed by atoms with Crippen molar-refractivity contribution in [3.63, 3.8) is 0 Å². The number of hydrogen-bond donors (Lipinski definition) is 0. The second kappa shape index (κ2) is 15.2. The van der Waals surface area contributed by atoms with E-state index < -0.39 is 31.2 Å². The summed E-state index contributed by atoms with van der Waals surface area (Å²) in [5, 5.41) is 0. The predicted octanol–water partition coefficient (Wildman–Crippen LogP) is -7.84. The summed E-state index contributed by atoms with van der Waals surface area (Å²) in [4.78, 5) is 0. The van der Waals surface area contributed by atoms with Crippen molar-refractivity contribution in [1.29, 1.82) is 0 Å². The summed E-state index contributed by atoms with van der Waals surface area (Å²) in [6, 6.07) is 0. The number of rotatable bonds is 0. The Hall–Kier alpha value is 1.79. The molecule has 0 aromatic rings. The largest absolute Gasteiger partial charge is 1.00 e. The maximum Gasteiger partial charge on any atom is 1.00 e. The van der Waals surface area contributed by atoms with Crippen LogP contribution in [0.25, 0.3) is 0 Å². The van der Waals surface area contributed by atoms with Crippen LogP contribution in [0, 0.1) is 0 Å². The second-order valence-corrected chi connectivity index (χ2v) is 3.67. The van der Waals surface area contributed by atoms with Gasteiger partial charge in [0, 0.05) is 49.8 Å². The van der Waals surface area contributed by atoms with Crippen molar-refractivity contribution in [1.82, 2.24) is 0 Å². The van der Waals surface area contributed by atoms with Crippen LogP contribution in [0.4, 0.5) is 0 Å². The Morgan fingerprint density at radius 1 is 0.500 bits per heavy atom. The van der Waals surface area contributed by atoms with Crippen LogP contribution in [0.5, 0.6) is 0 Å². The first-order valence-corrected chi connectivity index (χ1v) is 6.00. The van der Waals surface area contributed by atoms with E-state index in [4.69, 9.17) is 52.6 Å². The fraction of sp³-hybridized carbons (Fsp3) is 0. The van der Waals surface area contributed by atoms with Gasteiger partial charge in [0.1, 0.15) is 0 Å². The Morgan fingerprint density at radius 3 is 0.500 bits per heavy atom. The summed E-state index contributed by atoms with van der Waals surface area (Å²) in [7, 11) is -15.5. The Balaban J connectivity index is -0.0000000277. The minimum absolute atomic E-state index is 0. The first kappa shape index (κ1) is 36.7. The summed E-state index contributed by atoms with van der Waals surface area (Å²) in [5.41, 5.74) is 0. The third-order valence-electron chi connectivity index (χ3n) is 0. The van der Waals surface area contributed by atoms with E-state index >= 15 is 0 Å². The molecule has 0 spiro atoms. The monoisotopic (exact) mass is 396 g/mol. The molecule has 0 saturated heterocycles. The molecule has 0 aliphatic heterocycles. The zero-order valence-electron chi connectivity index (χ0n) is 8.07. The molecule has 109 valence electrons. The molecule has 0 heterocycles. The van der Waals surface area contributed by atoms with E-state index in [1.165, 1.54) is 0 Å². The quantitative estimate of drug-likeness (QED) is 0.210. The smallest absolute Gasteiger partial charge is 0.759 e. The Kier molecular flexibility index (Phi) is 31.0. The van der Waals surface area contributed by atoms with Crippen molar-refractivity contribution < 1.29 is 128 Å². The van der Waals surface area contributed by atoms with Gasteiger partial charge in [-0.2, -0.15) is 0 Å². The third-order valence-corrected chi connectivity index (χ3v) is 0. The van der Waals surface area contributed by atoms with E-state index in [2.05, 4.69) is 0 Å². The fourth-order valence-corrected chi connectivity index (χ4v) is 0. The first-order valence-electron chi connectivity index (χ1n) is 2.00. The van der Waals surface area contributed by atoms with E-state index in [1.807, 2.05) is 0 Å². The van der Waals surface area contributed by atoms with Gasteiger partial charge in [0.15, 0.2) is 0 Å². The van der Waals surface area contributed by atoms with Crippen molar-refractivity contribution in [2.75, 3.05) is 0 Å². The standard InChI is InChI=1S/K.3H2O4S.H2O.V/c;3*1-5(2,3)4;;/h;3*(H2,1,2,3,4);1H2;/q+1;;;;;/p-6.